The Labute approximate surface area is 95.2 Å². The Bertz CT molecular complexity index is 335. The minimum absolute atomic E-state index is 0.479. The van der Waals surface area contributed by atoms with E-state index in [9.17, 15) is 4.79 Å². The van der Waals surface area contributed by atoms with E-state index in [1.165, 1.54) is 0 Å². The van der Waals surface area contributed by atoms with E-state index in [-0.39, 0.29) is 0 Å². The molecular formula is C12H17NO3. The minimum Gasteiger partial charge on any atom is -0.497 e. The van der Waals surface area contributed by atoms with Crippen molar-refractivity contribution in [2.24, 2.45) is 0 Å². The normalized spacial score (nSPS) is 12.1. The predicted molar refractivity (Wildman–Crippen MR) is 61.8 cm³/mol. The largest absolute Gasteiger partial charge is 0.497 e. The zero-order valence-corrected chi connectivity index (χ0v) is 9.56. The molecule has 0 aliphatic carbocycles. The van der Waals surface area contributed by atoms with Gasteiger partial charge in [0.05, 0.1) is 7.11 Å². The van der Waals surface area contributed by atoms with Crippen LogP contribution in [-0.2, 0) is 11.2 Å². The molecule has 1 aromatic rings. The average molecular weight is 223 g/mol. The number of hydrogen-bond donors (Lipinski definition) is 2. The molecule has 0 saturated carbocycles. The van der Waals surface area contributed by atoms with Crippen molar-refractivity contribution in [1.29, 1.82) is 0 Å². The lowest BCUT2D eigenvalue weighted by atomic mass is 10.1. The summed E-state index contributed by atoms with van der Waals surface area (Å²) in [7, 11) is 1.60. The summed E-state index contributed by atoms with van der Waals surface area (Å²) < 4.78 is 5.04. The summed E-state index contributed by atoms with van der Waals surface area (Å²) in [6.07, 6.45) is 0.479. The lowest BCUT2D eigenvalue weighted by Crippen LogP contribution is -2.38. The number of methoxy groups -OCH3 is 1. The fourth-order valence-electron chi connectivity index (χ4n) is 1.49. The molecule has 88 valence electrons. The van der Waals surface area contributed by atoms with Crippen molar-refractivity contribution < 1.29 is 14.6 Å². The Balaban J connectivity index is 2.65. The molecule has 1 aromatic carbocycles. The van der Waals surface area contributed by atoms with Gasteiger partial charge in [-0.2, -0.15) is 0 Å². The van der Waals surface area contributed by atoms with Gasteiger partial charge in [0.1, 0.15) is 11.8 Å². The molecule has 0 heterocycles. The van der Waals surface area contributed by atoms with E-state index < -0.39 is 12.0 Å². The van der Waals surface area contributed by atoms with Crippen LogP contribution >= 0.6 is 0 Å². The number of aliphatic carboxylic acids is 1. The van der Waals surface area contributed by atoms with E-state index in [1.54, 1.807) is 7.11 Å². The van der Waals surface area contributed by atoms with Crippen LogP contribution in [0.1, 0.15) is 12.5 Å². The number of likely N-dealkylation sites (N-methyl/N-ethyl adjacent to an activating group) is 1. The summed E-state index contributed by atoms with van der Waals surface area (Å²) in [4.78, 5) is 10.9. The summed E-state index contributed by atoms with van der Waals surface area (Å²) in [5, 5.41) is 11.9. The monoisotopic (exact) mass is 223 g/mol. The molecule has 0 spiro atoms. The van der Waals surface area contributed by atoms with Crippen LogP contribution in [0.25, 0.3) is 0 Å². The second kappa shape index (κ2) is 6.12. The van der Waals surface area contributed by atoms with Gasteiger partial charge in [0, 0.05) is 0 Å². The van der Waals surface area contributed by atoms with Crippen LogP contribution in [0.15, 0.2) is 24.3 Å². The fourth-order valence-corrected chi connectivity index (χ4v) is 1.49. The zero-order chi connectivity index (χ0) is 12.0. The highest BCUT2D eigenvalue weighted by molar-refractivity contribution is 5.73. The maximum Gasteiger partial charge on any atom is 0.321 e. The Morgan fingerprint density at radius 3 is 2.50 bits per heavy atom. The van der Waals surface area contributed by atoms with Gasteiger partial charge in [-0.05, 0) is 30.7 Å². The van der Waals surface area contributed by atoms with Crippen molar-refractivity contribution in [2.75, 3.05) is 13.7 Å². The topological polar surface area (TPSA) is 58.6 Å². The maximum atomic E-state index is 10.9. The highest BCUT2D eigenvalue weighted by Crippen LogP contribution is 2.12. The van der Waals surface area contributed by atoms with Crippen LogP contribution < -0.4 is 10.1 Å². The van der Waals surface area contributed by atoms with E-state index in [4.69, 9.17) is 9.84 Å². The van der Waals surface area contributed by atoms with Gasteiger partial charge in [0.15, 0.2) is 0 Å². The van der Waals surface area contributed by atoms with Gasteiger partial charge in [-0.3, -0.25) is 4.79 Å². The lowest BCUT2D eigenvalue weighted by Gasteiger charge is -2.13. The molecule has 4 nitrogen and oxygen atoms in total. The van der Waals surface area contributed by atoms with Gasteiger partial charge in [0.25, 0.3) is 0 Å². The third-order valence-electron chi connectivity index (χ3n) is 2.35. The standard InChI is InChI=1S/C12H17NO3/c1-3-13-11(12(14)15)8-9-4-6-10(16-2)7-5-9/h4-7,11,13H,3,8H2,1-2H3,(H,14,15). The van der Waals surface area contributed by atoms with Crippen LogP contribution in [0, 0.1) is 0 Å². The van der Waals surface area contributed by atoms with E-state index in [0.717, 1.165) is 11.3 Å². The minimum atomic E-state index is -0.822. The number of nitrogens with one attached hydrogen (secondary N) is 1. The first-order valence-electron chi connectivity index (χ1n) is 5.26. The van der Waals surface area contributed by atoms with Crippen LogP contribution in [0.3, 0.4) is 0 Å². The van der Waals surface area contributed by atoms with Crippen molar-refractivity contribution in [3.8, 4) is 5.75 Å². The quantitative estimate of drug-likeness (QED) is 0.763. The third-order valence-corrected chi connectivity index (χ3v) is 2.35. The van der Waals surface area contributed by atoms with E-state index in [0.29, 0.717) is 13.0 Å². The van der Waals surface area contributed by atoms with Crippen molar-refractivity contribution in [3.63, 3.8) is 0 Å². The summed E-state index contributed by atoms with van der Waals surface area (Å²) in [6, 6.07) is 6.90. The van der Waals surface area contributed by atoms with E-state index >= 15 is 0 Å². The van der Waals surface area contributed by atoms with E-state index in [1.807, 2.05) is 31.2 Å². The first kappa shape index (κ1) is 12.5. The number of ether oxygens (including phenoxy) is 1. The predicted octanol–water partition coefficient (Wildman–Crippen LogP) is 1.30. The number of benzene rings is 1. The summed E-state index contributed by atoms with van der Waals surface area (Å²) in [5.74, 6) is -0.0447. The summed E-state index contributed by atoms with van der Waals surface area (Å²) in [6.45, 7) is 2.54. The van der Waals surface area contributed by atoms with Gasteiger partial charge in [-0.15, -0.1) is 0 Å². The number of carboxylic acid groups (broad SMARTS) is 1. The number of rotatable bonds is 6. The van der Waals surface area contributed by atoms with Crippen molar-refractivity contribution in [3.05, 3.63) is 29.8 Å². The molecule has 4 heteroatoms. The highest BCUT2D eigenvalue weighted by atomic mass is 16.5. The van der Waals surface area contributed by atoms with Crippen molar-refractivity contribution >= 4 is 5.97 Å². The molecule has 1 rings (SSSR count). The van der Waals surface area contributed by atoms with Crippen LogP contribution in [0.4, 0.5) is 0 Å². The molecule has 2 N–H and O–H groups in total. The Kier molecular flexibility index (Phi) is 4.79. The van der Waals surface area contributed by atoms with Crippen molar-refractivity contribution in [2.45, 2.75) is 19.4 Å². The molecule has 0 amide bonds. The number of carboxylic acids is 1. The van der Waals surface area contributed by atoms with Crippen LogP contribution in [0.5, 0.6) is 5.75 Å². The second-order valence-electron chi connectivity index (χ2n) is 3.50. The smallest absolute Gasteiger partial charge is 0.321 e. The number of carbonyl (C=O) groups is 1. The van der Waals surface area contributed by atoms with Crippen LogP contribution in [0.2, 0.25) is 0 Å². The molecular weight excluding hydrogens is 206 g/mol. The molecule has 16 heavy (non-hydrogen) atoms. The van der Waals surface area contributed by atoms with E-state index in [2.05, 4.69) is 5.32 Å². The molecule has 0 bridgehead atoms. The lowest BCUT2D eigenvalue weighted by molar-refractivity contribution is -0.139. The van der Waals surface area contributed by atoms with Crippen LogP contribution in [-0.4, -0.2) is 30.8 Å². The second-order valence-corrected chi connectivity index (χ2v) is 3.50. The molecule has 1 unspecified atom stereocenters. The fraction of sp³-hybridized carbons (Fsp3) is 0.417. The first-order valence-corrected chi connectivity index (χ1v) is 5.26. The highest BCUT2D eigenvalue weighted by Gasteiger charge is 2.15. The SMILES string of the molecule is CCNC(Cc1ccc(OC)cc1)C(=O)O. The Morgan fingerprint density at radius 2 is 2.06 bits per heavy atom. The molecule has 0 aromatic heterocycles. The number of hydrogen-bond acceptors (Lipinski definition) is 3. The molecule has 0 aliphatic heterocycles. The molecule has 0 radical (unpaired) electrons. The van der Waals surface area contributed by atoms with Gasteiger partial charge >= 0.3 is 5.97 Å². The van der Waals surface area contributed by atoms with Gasteiger partial charge in [-0.25, -0.2) is 0 Å². The average Bonchev–Trinajstić information content (AvgIpc) is 2.29. The van der Waals surface area contributed by atoms with Crippen molar-refractivity contribution in [1.82, 2.24) is 5.32 Å². The van der Waals surface area contributed by atoms with Gasteiger partial charge in [-0.1, -0.05) is 19.1 Å². The molecule has 0 saturated heterocycles. The first-order chi connectivity index (χ1) is 7.67. The molecule has 1 atom stereocenters. The van der Waals surface area contributed by atoms with Gasteiger partial charge in [0.2, 0.25) is 0 Å². The zero-order valence-electron chi connectivity index (χ0n) is 9.56. The summed E-state index contributed by atoms with van der Waals surface area (Å²) >= 11 is 0. The third kappa shape index (κ3) is 3.55. The maximum absolute atomic E-state index is 10.9. The van der Waals surface area contributed by atoms with Gasteiger partial charge < -0.3 is 15.2 Å². The summed E-state index contributed by atoms with van der Waals surface area (Å²) in [5.41, 5.74) is 0.981. The Hall–Kier alpha value is -1.55. The molecule has 0 aliphatic rings. The molecule has 0 fully saturated rings. The Morgan fingerprint density at radius 1 is 1.44 bits per heavy atom.